The summed E-state index contributed by atoms with van der Waals surface area (Å²) in [6, 6.07) is 5.53. The number of carbonyl (C=O) groups excluding carboxylic acids is 3. The average molecular weight is 396 g/mol. The molecule has 2 rings (SSSR count). The van der Waals surface area contributed by atoms with Gasteiger partial charge in [0.1, 0.15) is 5.82 Å². The smallest absolute Gasteiger partial charge is 0.235 e. The Morgan fingerprint density at radius 1 is 1.00 bits per heavy atom. The van der Waals surface area contributed by atoms with Crippen LogP contribution in [0.2, 0.25) is 0 Å². The van der Waals surface area contributed by atoms with E-state index in [-0.39, 0.29) is 40.5 Å². The molecule has 0 aromatic heterocycles. The highest BCUT2D eigenvalue weighted by Gasteiger charge is 2.28. The molecule has 27 heavy (non-hydrogen) atoms. The average Bonchev–Trinajstić information content (AvgIpc) is 2.66. The third kappa shape index (κ3) is 6.23. The van der Waals surface area contributed by atoms with E-state index in [0.717, 1.165) is 0 Å². The topological polar surface area (TPSA) is 69.7 Å². The molecule has 0 aliphatic carbocycles. The molecule has 1 aromatic rings. The van der Waals surface area contributed by atoms with Gasteiger partial charge in [-0.3, -0.25) is 14.4 Å². The van der Waals surface area contributed by atoms with E-state index in [9.17, 15) is 18.8 Å². The Labute approximate surface area is 163 Å². The third-order valence-electron chi connectivity index (χ3n) is 4.34. The molecule has 1 fully saturated rings. The van der Waals surface area contributed by atoms with Gasteiger partial charge in [-0.15, -0.1) is 11.8 Å². The Kier molecular flexibility index (Phi) is 7.65. The molecule has 3 amide bonds. The maximum atomic E-state index is 12.9. The lowest BCUT2D eigenvalue weighted by molar-refractivity contribution is -0.141. The summed E-state index contributed by atoms with van der Waals surface area (Å²) >= 11 is 1.26. The highest BCUT2D eigenvalue weighted by molar-refractivity contribution is 8.01. The summed E-state index contributed by atoms with van der Waals surface area (Å²) in [6.45, 7) is 7.65. The van der Waals surface area contributed by atoms with Crippen LogP contribution in [0.1, 0.15) is 20.8 Å². The Morgan fingerprint density at radius 3 is 2.04 bits per heavy atom. The van der Waals surface area contributed by atoms with Crippen LogP contribution in [-0.2, 0) is 14.4 Å². The Bertz CT molecular complexity index is 673. The van der Waals surface area contributed by atoms with E-state index in [0.29, 0.717) is 31.9 Å². The molecule has 1 aliphatic rings. The van der Waals surface area contributed by atoms with Crippen LogP contribution >= 0.6 is 11.8 Å². The fourth-order valence-electron chi connectivity index (χ4n) is 2.77. The number of carbonyl (C=O) groups is 3. The first kappa shape index (κ1) is 21.2. The molecular formula is C19H26FN3O3S. The number of nitrogens with zero attached hydrogens (tertiary/aromatic N) is 2. The lowest BCUT2D eigenvalue weighted by Gasteiger charge is -2.36. The Hall–Kier alpha value is -2.09. The highest BCUT2D eigenvalue weighted by Crippen LogP contribution is 2.17. The summed E-state index contributed by atoms with van der Waals surface area (Å²) in [5, 5.41) is 2.33. The molecule has 1 aromatic carbocycles. The molecule has 0 spiro atoms. The summed E-state index contributed by atoms with van der Waals surface area (Å²) in [5.41, 5.74) is 0.520. The van der Waals surface area contributed by atoms with Crippen LogP contribution in [0.3, 0.4) is 0 Å². The number of anilines is 1. The van der Waals surface area contributed by atoms with Crippen molar-refractivity contribution in [2.75, 3.05) is 37.2 Å². The van der Waals surface area contributed by atoms with E-state index in [1.54, 1.807) is 16.7 Å². The molecule has 6 nitrogen and oxygen atoms in total. The summed E-state index contributed by atoms with van der Waals surface area (Å²) in [7, 11) is 0. The second-order valence-electron chi connectivity index (χ2n) is 6.81. The number of hydrogen-bond acceptors (Lipinski definition) is 4. The first-order valence-electron chi connectivity index (χ1n) is 9.02. The van der Waals surface area contributed by atoms with E-state index >= 15 is 0 Å². The van der Waals surface area contributed by atoms with Gasteiger partial charge in [0.25, 0.3) is 0 Å². The zero-order chi connectivity index (χ0) is 20.0. The molecule has 0 unspecified atom stereocenters. The zero-order valence-electron chi connectivity index (χ0n) is 15.9. The van der Waals surface area contributed by atoms with Crippen molar-refractivity contribution in [1.29, 1.82) is 0 Å². The lowest BCUT2D eigenvalue weighted by Crippen LogP contribution is -2.53. The second kappa shape index (κ2) is 9.73. The predicted molar refractivity (Wildman–Crippen MR) is 105 cm³/mol. The van der Waals surface area contributed by atoms with Gasteiger partial charge in [-0.05, 0) is 31.2 Å². The van der Waals surface area contributed by atoms with Crippen molar-refractivity contribution in [2.45, 2.75) is 26.0 Å². The highest BCUT2D eigenvalue weighted by atomic mass is 32.2. The van der Waals surface area contributed by atoms with Gasteiger partial charge in [0.05, 0.1) is 11.0 Å². The van der Waals surface area contributed by atoms with Gasteiger partial charge in [0.15, 0.2) is 0 Å². The van der Waals surface area contributed by atoms with Crippen molar-refractivity contribution in [3.63, 3.8) is 0 Å². The maximum absolute atomic E-state index is 12.9. The number of halogens is 1. The van der Waals surface area contributed by atoms with Crippen LogP contribution in [0.15, 0.2) is 24.3 Å². The van der Waals surface area contributed by atoms with E-state index in [2.05, 4.69) is 5.32 Å². The number of hydrogen-bond donors (Lipinski definition) is 1. The SMILES string of the molecule is CC(C)C(=O)N1CCN(C(=O)[C@@H](C)SCC(=O)Nc2ccc(F)cc2)CC1. The molecule has 148 valence electrons. The van der Waals surface area contributed by atoms with Crippen molar-refractivity contribution in [1.82, 2.24) is 9.80 Å². The summed E-state index contributed by atoms with van der Waals surface area (Å²) in [6.07, 6.45) is 0. The minimum absolute atomic E-state index is 0.0220. The van der Waals surface area contributed by atoms with Gasteiger partial charge in [-0.25, -0.2) is 4.39 Å². The van der Waals surface area contributed by atoms with Crippen LogP contribution in [-0.4, -0.2) is 64.7 Å². The number of nitrogens with one attached hydrogen (secondary N) is 1. The number of thioether (sulfide) groups is 1. The van der Waals surface area contributed by atoms with Crippen molar-refractivity contribution >= 4 is 35.2 Å². The standard InChI is InChI=1S/C19H26FN3O3S/c1-13(2)18(25)22-8-10-23(11-9-22)19(26)14(3)27-12-17(24)21-16-6-4-15(20)5-7-16/h4-7,13-14H,8-12H2,1-3H3,(H,21,24)/t14-/m1/s1. The summed E-state index contributed by atoms with van der Waals surface area (Å²) in [5.74, 6) is -0.416. The Morgan fingerprint density at radius 2 is 1.52 bits per heavy atom. The molecule has 1 saturated heterocycles. The quantitative estimate of drug-likeness (QED) is 0.802. The molecule has 1 heterocycles. The normalized spacial score (nSPS) is 15.6. The van der Waals surface area contributed by atoms with E-state index in [1.807, 2.05) is 13.8 Å². The molecule has 1 atom stereocenters. The zero-order valence-corrected chi connectivity index (χ0v) is 16.7. The van der Waals surface area contributed by atoms with Crippen LogP contribution in [0.4, 0.5) is 10.1 Å². The molecule has 1 aliphatic heterocycles. The number of piperazine rings is 1. The minimum Gasteiger partial charge on any atom is -0.339 e. The fraction of sp³-hybridized carbons (Fsp3) is 0.526. The van der Waals surface area contributed by atoms with Gasteiger partial charge in [-0.1, -0.05) is 13.8 Å². The van der Waals surface area contributed by atoms with Crippen molar-refractivity contribution in [3.8, 4) is 0 Å². The largest absolute Gasteiger partial charge is 0.339 e. The van der Waals surface area contributed by atoms with Gasteiger partial charge < -0.3 is 15.1 Å². The monoisotopic (exact) mass is 395 g/mol. The molecule has 0 bridgehead atoms. The van der Waals surface area contributed by atoms with Gasteiger partial charge in [0.2, 0.25) is 17.7 Å². The lowest BCUT2D eigenvalue weighted by atomic mass is 10.1. The van der Waals surface area contributed by atoms with E-state index < -0.39 is 0 Å². The van der Waals surface area contributed by atoms with Crippen molar-refractivity contribution in [2.24, 2.45) is 5.92 Å². The molecule has 0 radical (unpaired) electrons. The van der Waals surface area contributed by atoms with Gasteiger partial charge in [-0.2, -0.15) is 0 Å². The molecule has 8 heteroatoms. The van der Waals surface area contributed by atoms with Gasteiger partial charge in [0, 0.05) is 37.8 Å². The number of benzene rings is 1. The molecule has 1 N–H and O–H groups in total. The van der Waals surface area contributed by atoms with Crippen LogP contribution in [0.25, 0.3) is 0 Å². The first-order chi connectivity index (χ1) is 12.8. The van der Waals surface area contributed by atoms with E-state index in [1.165, 1.54) is 36.0 Å². The maximum Gasteiger partial charge on any atom is 0.235 e. The van der Waals surface area contributed by atoms with Crippen molar-refractivity contribution in [3.05, 3.63) is 30.1 Å². The first-order valence-corrected chi connectivity index (χ1v) is 10.1. The molecule has 0 saturated carbocycles. The van der Waals surface area contributed by atoms with Gasteiger partial charge >= 0.3 is 0 Å². The fourth-order valence-corrected chi connectivity index (χ4v) is 3.54. The third-order valence-corrected chi connectivity index (χ3v) is 5.47. The number of rotatable bonds is 6. The van der Waals surface area contributed by atoms with E-state index in [4.69, 9.17) is 0 Å². The second-order valence-corrected chi connectivity index (χ2v) is 8.14. The molecular weight excluding hydrogens is 369 g/mol. The van der Waals surface area contributed by atoms with Crippen LogP contribution in [0, 0.1) is 11.7 Å². The van der Waals surface area contributed by atoms with Crippen LogP contribution in [0.5, 0.6) is 0 Å². The summed E-state index contributed by atoms with van der Waals surface area (Å²) in [4.78, 5) is 40.1. The predicted octanol–water partition coefficient (Wildman–Crippen LogP) is 2.21. The number of amides is 3. The van der Waals surface area contributed by atoms with Crippen molar-refractivity contribution < 1.29 is 18.8 Å². The summed E-state index contributed by atoms with van der Waals surface area (Å²) < 4.78 is 12.9. The minimum atomic E-state index is -0.364. The Balaban J connectivity index is 1.74. The van der Waals surface area contributed by atoms with Crippen LogP contribution < -0.4 is 5.32 Å².